The van der Waals surface area contributed by atoms with E-state index in [9.17, 15) is 0 Å². The van der Waals surface area contributed by atoms with Crippen molar-refractivity contribution >= 4 is 29.0 Å². The minimum Gasteiger partial charge on any atom is -0.357 e. The molecule has 5 heteroatoms. The molecule has 0 spiro atoms. The highest BCUT2D eigenvalue weighted by Crippen LogP contribution is 2.52. The Kier molecular flexibility index (Phi) is 7.00. The summed E-state index contributed by atoms with van der Waals surface area (Å²) in [5.74, 6) is 0.628. The van der Waals surface area contributed by atoms with Crippen LogP contribution >= 0.6 is 11.8 Å². The van der Waals surface area contributed by atoms with Crippen molar-refractivity contribution in [1.82, 2.24) is 9.80 Å². The number of amidine groups is 1. The van der Waals surface area contributed by atoms with E-state index in [2.05, 4.69) is 101 Å². The third-order valence-corrected chi connectivity index (χ3v) is 9.76. The lowest BCUT2D eigenvalue weighted by Gasteiger charge is -2.46. The van der Waals surface area contributed by atoms with E-state index < -0.39 is 0 Å². The van der Waals surface area contributed by atoms with Crippen LogP contribution in [0.15, 0.2) is 82.6 Å². The molecule has 2 unspecified atom stereocenters. The van der Waals surface area contributed by atoms with Crippen LogP contribution in [0.2, 0.25) is 0 Å². The zero-order chi connectivity index (χ0) is 25.4. The first-order valence-electron chi connectivity index (χ1n) is 14.0. The highest BCUT2D eigenvalue weighted by molar-refractivity contribution is 7.99. The molecular weight excluding hydrogens is 472 g/mol. The topological polar surface area (TPSA) is 33.6 Å². The van der Waals surface area contributed by atoms with Crippen molar-refractivity contribution in [1.29, 1.82) is 5.41 Å². The molecule has 0 radical (unpaired) electrons. The number of fused-ring (bicyclic) bond motifs is 4. The second-order valence-corrected chi connectivity index (χ2v) is 11.7. The van der Waals surface area contributed by atoms with Crippen LogP contribution in [0.3, 0.4) is 0 Å². The number of benzene rings is 3. The molecule has 3 aromatic carbocycles. The number of nitrogens with one attached hydrogen (secondary N) is 1. The third kappa shape index (κ3) is 4.68. The van der Waals surface area contributed by atoms with Gasteiger partial charge in [0.15, 0.2) is 0 Å². The van der Waals surface area contributed by atoms with Crippen molar-refractivity contribution in [2.45, 2.75) is 73.9 Å². The number of nitrogens with zero attached hydrogens (tertiary/aromatic N) is 3. The number of para-hydroxylation sites is 1. The molecule has 0 aromatic heterocycles. The molecule has 3 aromatic rings. The molecule has 192 valence electrons. The third-order valence-electron chi connectivity index (χ3n) is 8.64. The van der Waals surface area contributed by atoms with Gasteiger partial charge in [-0.25, -0.2) is 0 Å². The predicted octanol–water partition coefficient (Wildman–Crippen LogP) is 7.19. The molecule has 1 N–H and O–H groups in total. The zero-order valence-corrected chi connectivity index (χ0v) is 22.9. The van der Waals surface area contributed by atoms with Crippen LogP contribution in [0.4, 0.5) is 11.4 Å². The van der Waals surface area contributed by atoms with Gasteiger partial charge in [-0.1, -0.05) is 54.2 Å². The van der Waals surface area contributed by atoms with Gasteiger partial charge >= 0.3 is 0 Å². The van der Waals surface area contributed by atoms with Crippen molar-refractivity contribution in [2.75, 3.05) is 24.5 Å². The fraction of sp³-hybridized carbons (Fsp3) is 0.406. The van der Waals surface area contributed by atoms with Crippen LogP contribution in [0.1, 0.15) is 50.7 Å². The van der Waals surface area contributed by atoms with Crippen molar-refractivity contribution in [3.8, 4) is 0 Å². The molecule has 3 heterocycles. The van der Waals surface area contributed by atoms with E-state index in [4.69, 9.17) is 5.41 Å². The van der Waals surface area contributed by atoms with Crippen molar-refractivity contribution in [3.63, 3.8) is 0 Å². The highest BCUT2D eigenvalue weighted by atomic mass is 32.2. The molecule has 6 rings (SSSR count). The average molecular weight is 511 g/mol. The summed E-state index contributed by atoms with van der Waals surface area (Å²) in [6.07, 6.45) is 6.24. The molecule has 0 saturated carbocycles. The second-order valence-electron chi connectivity index (χ2n) is 10.6. The molecule has 4 nitrogen and oxygen atoms in total. The largest absolute Gasteiger partial charge is 0.357 e. The monoisotopic (exact) mass is 510 g/mol. The summed E-state index contributed by atoms with van der Waals surface area (Å²) in [7, 11) is 0. The molecule has 0 amide bonds. The maximum atomic E-state index is 8.78. The van der Waals surface area contributed by atoms with E-state index in [1.807, 2.05) is 11.8 Å². The van der Waals surface area contributed by atoms with E-state index in [1.54, 1.807) is 0 Å². The van der Waals surface area contributed by atoms with Gasteiger partial charge in [-0.2, -0.15) is 0 Å². The fourth-order valence-electron chi connectivity index (χ4n) is 6.77. The molecule has 37 heavy (non-hydrogen) atoms. The van der Waals surface area contributed by atoms with Crippen molar-refractivity contribution in [3.05, 3.63) is 83.9 Å². The van der Waals surface area contributed by atoms with E-state index in [-0.39, 0.29) is 0 Å². The lowest BCUT2D eigenvalue weighted by Crippen LogP contribution is -2.50. The lowest BCUT2D eigenvalue weighted by molar-refractivity contribution is 0.129. The standard InChI is InChI=1S/C32H38N4S/c1-3-34(4-2)32(33)24-14-17-29-31(20-24)37-30-13-9-8-12-28(30)36(29)27-21-25-15-16-26(22-27)35(25)19-18-23-10-6-5-7-11-23/h5-14,17,20,25-27,33H,3-4,15-16,18-19,21-22H2,1-2H3. The van der Waals surface area contributed by atoms with Crippen LogP contribution in [0.25, 0.3) is 0 Å². The summed E-state index contributed by atoms with van der Waals surface area (Å²) in [5, 5.41) is 8.78. The first kappa shape index (κ1) is 24.6. The van der Waals surface area contributed by atoms with Crippen LogP contribution in [0.5, 0.6) is 0 Å². The summed E-state index contributed by atoms with van der Waals surface area (Å²) in [5.41, 5.74) is 5.15. The molecule has 3 aliphatic rings. The van der Waals surface area contributed by atoms with E-state index >= 15 is 0 Å². The van der Waals surface area contributed by atoms with Gasteiger partial charge in [-0.05, 0) is 81.8 Å². The predicted molar refractivity (Wildman–Crippen MR) is 156 cm³/mol. The number of hydrogen-bond acceptors (Lipinski definition) is 4. The fourth-order valence-corrected chi connectivity index (χ4v) is 7.88. The average Bonchev–Trinajstić information content (AvgIpc) is 3.17. The smallest absolute Gasteiger partial charge is 0.128 e. The van der Waals surface area contributed by atoms with Gasteiger partial charge in [0.2, 0.25) is 0 Å². The second kappa shape index (κ2) is 10.5. The molecular formula is C32H38N4S. The summed E-state index contributed by atoms with van der Waals surface area (Å²) in [6, 6.07) is 28.5. The normalized spacial score (nSPS) is 22.4. The van der Waals surface area contributed by atoms with Crippen LogP contribution in [-0.2, 0) is 6.42 Å². The van der Waals surface area contributed by atoms with Gasteiger partial charge < -0.3 is 9.80 Å². The van der Waals surface area contributed by atoms with Crippen LogP contribution in [0, 0.1) is 5.41 Å². The minimum absolute atomic E-state index is 0.513. The van der Waals surface area contributed by atoms with Crippen molar-refractivity contribution in [2.24, 2.45) is 0 Å². The minimum atomic E-state index is 0.513. The molecule has 2 bridgehead atoms. The first-order valence-corrected chi connectivity index (χ1v) is 14.8. The van der Waals surface area contributed by atoms with E-state index in [0.717, 1.165) is 25.1 Å². The summed E-state index contributed by atoms with van der Waals surface area (Å²) in [4.78, 5) is 10.2. The molecule has 2 fully saturated rings. The zero-order valence-electron chi connectivity index (χ0n) is 22.1. The number of piperidine rings is 1. The first-order chi connectivity index (χ1) is 18.2. The summed E-state index contributed by atoms with van der Waals surface area (Å²) >= 11 is 1.86. The van der Waals surface area contributed by atoms with Gasteiger partial charge in [0.1, 0.15) is 5.84 Å². The van der Waals surface area contributed by atoms with Gasteiger partial charge in [0, 0.05) is 53.1 Å². The SMILES string of the molecule is CCN(CC)C(=N)c1ccc2c(c1)Sc1ccccc1N2C1CC2CCC(C1)N2CCc1ccccc1. The Labute approximate surface area is 226 Å². The summed E-state index contributed by atoms with van der Waals surface area (Å²) < 4.78 is 0. The molecule has 2 atom stereocenters. The maximum absolute atomic E-state index is 8.78. The Bertz CT molecular complexity index is 1240. The Morgan fingerprint density at radius 2 is 1.51 bits per heavy atom. The van der Waals surface area contributed by atoms with Crippen LogP contribution < -0.4 is 4.90 Å². The van der Waals surface area contributed by atoms with Gasteiger partial charge in [-0.15, -0.1) is 0 Å². The number of anilines is 2. The van der Waals surface area contributed by atoms with Crippen LogP contribution in [-0.4, -0.2) is 53.4 Å². The van der Waals surface area contributed by atoms with Crippen molar-refractivity contribution < 1.29 is 0 Å². The van der Waals surface area contributed by atoms with E-state index in [0.29, 0.717) is 24.0 Å². The Balaban J connectivity index is 1.26. The summed E-state index contributed by atoms with van der Waals surface area (Å²) in [6.45, 7) is 7.15. The number of hydrogen-bond donors (Lipinski definition) is 1. The lowest BCUT2D eigenvalue weighted by atomic mass is 9.94. The maximum Gasteiger partial charge on any atom is 0.128 e. The Hall–Kier alpha value is -2.76. The van der Waals surface area contributed by atoms with E-state index in [1.165, 1.54) is 59.0 Å². The quantitative estimate of drug-likeness (QED) is 0.269. The number of rotatable bonds is 7. The Morgan fingerprint density at radius 1 is 0.838 bits per heavy atom. The Morgan fingerprint density at radius 3 is 2.24 bits per heavy atom. The molecule has 2 saturated heterocycles. The highest BCUT2D eigenvalue weighted by Gasteiger charge is 2.43. The molecule has 3 aliphatic heterocycles. The van der Waals surface area contributed by atoms with Gasteiger partial charge in [0.25, 0.3) is 0 Å². The van der Waals surface area contributed by atoms with Gasteiger partial charge in [-0.3, -0.25) is 10.3 Å². The molecule has 0 aliphatic carbocycles. The van der Waals surface area contributed by atoms with Gasteiger partial charge in [0.05, 0.1) is 11.4 Å².